The number of hydrogen-bond acceptors (Lipinski definition) is 6. The van der Waals surface area contributed by atoms with Gasteiger partial charge in [-0.05, 0) is 53.0 Å². The Labute approximate surface area is 189 Å². The first-order valence-corrected chi connectivity index (χ1v) is 10.3. The lowest BCUT2D eigenvalue weighted by Crippen LogP contribution is -2.37. The number of carbonyl (C=O) groups is 1. The highest BCUT2D eigenvalue weighted by molar-refractivity contribution is 9.10. The van der Waals surface area contributed by atoms with Crippen LogP contribution in [0.25, 0.3) is 0 Å². The quantitative estimate of drug-likeness (QED) is 0.424. The first-order valence-electron chi connectivity index (χ1n) is 9.52. The van der Waals surface area contributed by atoms with E-state index >= 15 is 0 Å². The molecular formula is C23H22BrN5O2. The molecule has 2 aromatic carbocycles. The molecule has 0 spiro atoms. The second kappa shape index (κ2) is 10.6. The zero-order valence-electron chi connectivity index (χ0n) is 16.9. The van der Waals surface area contributed by atoms with E-state index in [1.165, 1.54) is 0 Å². The molecule has 0 fully saturated rings. The van der Waals surface area contributed by atoms with E-state index < -0.39 is 6.04 Å². The third-order valence-corrected chi connectivity index (χ3v) is 4.85. The maximum absolute atomic E-state index is 12.5. The van der Waals surface area contributed by atoms with Gasteiger partial charge in [-0.2, -0.15) is 4.98 Å². The smallest absolute Gasteiger partial charge is 0.241 e. The molecule has 1 atom stereocenters. The minimum atomic E-state index is -0.662. The van der Waals surface area contributed by atoms with Crippen LogP contribution in [0.15, 0.2) is 59.2 Å². The number of carbonyl (C=O) groups excluding carboxylic acids is 1. The minimum absolute atomic E-state index is 0.0966. The number of amides is 1. The summed E-state index contributed by atoms with van der Waals surface area (Å²) in [6.45, 7) is 2.11. The van der Waals surface area contributed by atoms with E-state index in [-0.39, 0.29) is 12.5 Å². The Bertz CT molecular complexity index is 1100. The number of ether oxygens (including phenoxy) is 1. The highest BCUT2D eigenvalue weighted by atomic mass is 79.9. The Morgan fingerprint density at radius 2 is 2.00 bits per heavy atom. The molecule has 158 valence electrons. The van der Waals surface area contributed by atoms with E-state index in [9.17, 15) is 4.79 Å². The lowest BCUT2D eigenvalue weighted by atomic mass is 10.0. The van der Waals surface area contributed by atoms with Crippen LogP contribution in [-0.4, -0.2) is 28.5 Å². The van der Waals surface area contributed by atoms with Crippen molar-refractivity contribution < 1.29 is 9.53 Å². The summed E-state index contributed by atoms with van der Waals surface area (Å²) in [5.41, 5.74) is 9.56. The monoisotopic (exact) mass is 479 g/mol. The van der Waals surface area contributed by atoms with Gasteiger partial charge in [-0.1, -0.05) is 41.8 Å². The van der Waals surface area contributed by atoms with Crippen molar-refractivity contribution in [2.75, 3.05) is 17.2 Å². The molecule has 3 rings (SSSR count). The van der Waals surface area contributed by atoms with E-state index in [0.717, 1.165) is 11.1 Å². The van der Waals surface area contributed by atoms with Crippen molar-refractivity contribution in [2.45, 2.75) is 19.4 Å². The number of anilines is 3. The van der Waals surface area contributed by atoms with Gasteiger partial charge in [0.25, 0.3) is 0 Å². The number of aromatic nitrogens is 2. The van der Waals surface area contributed by atoms with Crippen molar-refractivity contribution in [2.24, 2.45) is 5.73 Å². The number of benzene rings is 2. The van der Waals surface area contributed by atoms with Crippen molar-refractivity contribution >= 4 is 39.2 Å². The fourth-order valence-electron chi connectivity index (χ4n) is 2.73. The molecule has 3 aromatic rings. The molecule has 0 saturated heterocycles. The number of hydrogen-bond donors (Lipinski definition) is 3. The molecule has 1 heterocycles. The summed E-state index contributed by atoms with van der Waals surface area (Å²) in [5.74, 6) is 2.79. The molecule has 4 N–H and O–H groups in total. The van der Waals surface area contributed by atoms with Crippen LogP contribution < -0.4 is 21.1 Å². The van der Waals surface area contributed by atoms with Crippen molar-refractivity contribution in [3.63, 3.8) is 0 Å². The SMILES string of the molecule is C#CCOc1nc(Nc2cccc(NC(=O)[C@H](N)Cc3ccc(C)cc3)c2)ncc1Br. The van der Waals surface area contributed by atoms with E-state index in [2.05, 4.69) is 42.5 Å². The van der Waals surface area contributed by atoms with Gasteiger partial charge in [-0.3, -0.25) is 4.79 Å². The van der Waals surface area contributed by atoms with Gasteiger partial charge < -0.3 is 21.1 Å². The first-order chi connectivity index (χ1) is 14.9. The Morgan fingerprint density at radius 3 is 2.74 bits per heavy atom. The number of rotatable bonds is 8. The number of halogens is 1. The molecule has 7 nitrogen and oxygen atoms in total. The lowest BCUT2D eigenvalue weighted by Gasteiger charge is -2.14. The van der Waals surface area contributed by atoms with Gasteiger partial charge in [-0.25, -0.2) is 4.98 Å². The fraction of sp³-hybridized carbons (Fsp3) is 0.174. The molecule has 8 heteroatoms. The second-order valence-electron chi connectivity index (χ2n) is 6.83. The van der Waals surface area contributed by atoms with Gasteiger partial charge in [0.1, 0.15) is 0 Å². The predicted molar refractivity (Wildman–Crippen MR) is 125 cm³/mol. The average molecular weight is 480 g/mol. The van der Waals surface area contributed by atoms with Crippen molar-refractivity contribution in [3.05, 3.63) is 70.3 Å². The number of nitrogens with zero attached hydrogens (tertiary/aromatic N) is 2. The van der Waals surface area contributed by atoms with Crippen LogP contribution in [0, 0.1) is 19.3 Å². The summed E-state index contributed by atoms with van der Waals surface area (Å²) in [7, 11) is 0. The van der Waals surface area contributed by atoms with E-state index in [0.29, 0.717) is 34.1 Å². The molecule has 1 aromatic heterocycles. The van der Waals surface area contributed by atoms with Crippen LogP contribution in [0.4, 0.5) is 17.3 Å². The predicted octanol–water partition coefficient (Wildman–Crippen LogP) is 3.81. The maximum atomic E-state index is 12.5. The van der Waals surface area contributed by atoms with Crippen LogP contribution in [0.2, 0.25) is 0 Å². The number of aryl methyl sites for hydroxylation is 1. The topological polar surface area (TPSA) is 102 Å². The van der Waals surface area contributed by atoms with Crippen molar-refractivity contribution in [1.82, 2.24) is 9.97 Å². The molecule has 0 aliphatic rings. The fourth-order valence-corrected chi connectivity index (χ4v) is 3.04. The maximum Gasteiger partial charge on any atom is 0.241 e. The Kier molecular flexibility index (Phi) is 7.60. The summed E-state index contributed by atoms with van der Waals surface area (Å²) in [6, 6.07) is 14.5. The zero-order valence-corrected chi connectivity index (χ0v) is 18.5. The first kappa shape index (κ1) is 22.3. The third kappa shape index (κ3) is 6.54. The molecule has 0 unspecified atom stereocenters. The van der Waals surface area contributed by atoms with E-state index in [4.69, 9.17) is 16.9 Å². The molecule has 0 aliphatic heterocycles. The average Bonchev–Trinajstić information content (AvgIpc) is 2.76. The molecular weight excluding hydrogens is 458 g/mol. The van der Waals surface area contributed by atoms with Crippen LogP contribution in [0.1, 0.15) is 11.1 Å². The summed E-state index contributed by atoms with van der Waals surface area (Å²) >= 11 is 3.32. The lowest BCUT2D eigenvalue weighted by molar-refractivity contribution is -0.117. The highest BCUT2D eigenvalue weighted by Crippen LogP contribution is 2.24. The van der Waals surface area contributed by atoms with Gasteiger partial charge >= 0.3 is 0 Å². The van der Waals surface area contributed by atoms with Crippen LogP contribution in [-0.2, 0) is 11.2 Å². The van der Waals surface area contributed by atoms with Gasteiger partial charge in [0.05, 0.1) is 16.7 Å². The molecule has 31 heavy (non-hydrogen) atoms. The second-order valence-corrected chi connectivity index (χ2v) is 7.69. The Hall–Kier alpha value is -3.41. The van der Waals surface area contributed by atoms with Gasteiger partial charge in [0.2, 0.25) is 17.7 Å². The van der Waals surface area contributed by atoms with Crippen LogP contribution in [0.5, 0.6) is 5.88 Å². The highest BCUT2D eigenvalue weighted by Gasteiger charge is 2.15. The van der Waals surface area contributed by atoms with Crippen LogP contribution >= 0.6 is 15.9 Å². The van der Waals surface area contributed by atoms with E-state index in [1.807, 2.05) is 37.3 Å². The number of terminal acetylenes is 1. The zero-order chi connectivity index (χ0) is 22.2. The number of nitrogens with one attached hydrogen (secondary N) is 2. The summed E-state index contributed by atoms with van der Waals surface area (Å²) < 4.78 is 5.97. The Morgan fingerprint density at radius 1 is 1.26 bits per heavy atom. The van der Waals surface area contributed by atoms with Gasteiger partial charge in [0, 0.05) is 11.4 Å². The van der Waals surface area contributed by atoms with Crippen molar-refractivity contribution in [3.8, 4) is 18.2 Å². The van der Waals surface area contributed by atoms with Gasteiger partial charge in [-0.15, -0.1) is 6.42 Å². The molecule has 0 radical (unpaired) electrons. The summed E-state index contributed by atoms with van der Waals surface area (Å²) in [4.78, 5) is 21.0. The van der Waals surface area contributed by atoms with Crippen molar-refractivity contribution in [1.29, 1.82) is 0 Å². The van der Waals surface area contributed by atoms with Gasteiger partial charge in [0.15, 0.2) is 6.61 Å². The Balaban J connectivity index is 1.64. The number of nitrogens with two attached hydrogens (primary N) is 1. The largest absolute Gasteiger partial charge is 0.464 e. The summed E-state index contributed by atoms with van der Waals surface area (Å²) in [6.07, 6.45) is 7.24. The molecule has 0 aliphatic carbocycles. The molecule has 1 amide bonds. The van der Waals surface area contributed by atoms with E-state index in [1.54, 1.807) is 24.4 Å². The standard InChI is InChI=1S/C23H22BrN5O2/c1-3-11-31-22-19(24)14-26-23(29-22)28-18-6-4-5-17(13-18)27-21(30)20(25)12-16-9-7-15(2)8-10-16/h1,4-10,13-14,20H,11-12,25H2,2H3,(H,27,30)(H,26,28,29)/t20-/m1/s1. The summed E-state index contributed by atoms with van der Waals surface area (Å²) in [5, 5.41) is 5.93. The molecule has 0 saturated carbocycles. The molecule has 0 bridgehead atoms. The minimum Gasteiger partial charge on any atom is -0.464 e. The normalized spacial score (nSPS) is 11.3. The third-order valence-electron chi connectivity index (χ3n) is 4.30. The van der Waals surface area contributed by atoms with Crippen LogP contribution in [0.3, 0.4) is 0 Å².